The molecule has 2 amide bonds. The molecule has 4 bridgehead atoms. The van der Waals surface area contributed by atoms with Crippen LogP contribution in [0.2, 0.25) is 0 Å². The van der Waals surface area contributed by atoms with Crippen LogP contribution < -0.4 is 10.6 Å². The lowest BCUT2D eigenvalue weighted by atomic mass is 9.53. The van der Waals surface area contributed by atoms with Crippen molar-refractivity contribution in [2.75, 3.05) is 19.6 Å². The fraction of sp³-hybridized carbons (Fsp3) is 0.558. The summed E-state index contributed by atoms with van der Waals surface area (Å²) in [4.78, 5) is 15.8. The van der Waals surface area contributed by atoms with E-state index in [1.807, 2.05) is 12.1 Å². The summed E-state index contributed by atoms with van der Waals surface area (Å²) in [7, 11) is 0. The van der Waals surface area contributed by atoms with Gasteiger partial charge in [-0.2, -0.15) is 0 Å². The maximum atomic E-state index is 13.2. The van der Waals surface area contributed by atoms with E-state index in [2.05, 4.69) is 76.2 Å². The third-order valence-corrected chi connectivity index (χ3v) is 12.3. The molecular formula is C43H55N3O4. The highest BCUT2D eigenvalue weighted by Gasteiger charge is 2.51. The molecule has 0 spiro atoms. The minimum Gasteiger partial charge on any atom is -0.392 e. The number of aliphatic hydroxyl groups excluding tert-OH is 1. The molecule has 266 valence electrons. The number of rotatable bonds is 9. The largest absolute Gasteiger partial charge is 0.392 e. The van der Waals surface area contributed by atoms with Gasteiger partial charge < -0.3 is 30.1 Å². The Labute approximate surface area is 298 Å². The first kappa shape index (κ1) is 33.9. The van der Waals surface area contributed by atoms with E-state index in [0.717, 1.165) is 96.5 Å². The third kappa shape index (κ3) is 7.97. The standard InChI is InChI=1S/C43H55N3O4/c47-29-30-12-14-35(15-13-30)40-23-39(28-46-16-4-2-1-3-5-17-46)49-41(50-40)38-11-7-10-37(22-38)36-9-6-8-31(21-36)27-44-42(48)45-43-24-32-18-33(25-43)20-34(19-32)26-43/h6-15,21-22,32-34,39-41,47H,1-5,16-20,23-29H2,(H2,44,45,48)/t32?,33?,34?,39-,40+,41+,43?/m0/s1. The van der Waals surface area contributed by atoms with Crippen LogP contribution in [0.15, 0.2) is 72.8 Å². The van der Waals surface area contributed by atoms with Crippen LogP contribution in [0.1, 0.15) is 112 Å². The molecule has 2 heterocycles. The molecule has 0 aromatic heterocycles. The molecule has 7 nitrogen and oxygen atoms in total. The van der Waals surface area contributed by atoms with Gasteiger partial charge in [0.1, 0.15) is 0 Å². The van der Waals surface area contributed by atoms with E-state index in [1.165, 1.54) is 51.4 Å². The normalized spacial score (nSPS) is 31.1. The summed E-state index contributed by atoms with van der Waals surface area (Å²) in [6.07, 6.45) is 14.3. The molecule has 4 aliphatic carbocycles. The van der Waals surface area contributed by atoms with Crippen LogP contribution in [0.25, 0.3) is 11.1 Å². The van der Waals surface area contributed by atoms with Gasteiger partial charge in [-0.3, -0.25) is 0 Å². The Kier molecular flexibility index (Phi) is 10.3. The van der Waals surface area contributed by atoms with Gasteiger partial charge in [0.2, 0.25) is 0 Å². The maximum absolute atomic E-state index is 13.2. The summed E-state index contributed by atoms with van der Waals surface area (Å²) in [5.74, 6) is 2.41. The number of hydrogen-bond acceptors (Lipinski definition) is 5. The molecule has 50 heavy (non-hydrogen) atoms. The van der Waals surface area contributed by atoms with Gasteiger partial charge in [-0.25, -0.2) is 4.79 Å². The number of carbonyl (C=O) groups excluding carboxylic acids is 1. The lowest BCUT2D eigenvalue weighted by Gasteiger charge is -2.56. The molecule has 3 aromatic rings. The second-order valence-electron chi connectivity index (χ2n) is 16.2. The van der Waals surface area contributed by atoms with E-state index in [-0.39, 0.29) is 30.4 Å². The van der Waals surface area contributed by atoms with Crippen LogP contribution in [0.4, 0.5) is 4.79 Å². The minimum absolute atomic E-state index is 0.0116. The highest BCUT2D eigenvalue weighted by molar-refractivity contribution is 5.75. The van der Waals surface area contributed by atoms with E-state index in [9.17, 15) is 9.90 Å². The van der Waals surface area contributed by atoms with E-state index in [0.29, 0.717) is 6.54 Å². The average molecular weight is 678 g/mol. The highest BCUT2D eigenvalue weighted by Crippen LogP contribution is 2.55. The molecule has 0 unspecified atom stereocenters. The van der Waals surface area contributed by atoms with Gasteiger partial charge in [0.05, 0.1) is 18.8 Å². The van der Waals surface area contributed by atoms with Crippen LogP contribution in [0.5, 0.6) is 0 Å². The third-order valence-electron chi connectivity index (χ3n) is 12.3. The second-order valence-corrected chi connectivity index (χ2v) is 16.2. The molecule has 7 heteroatoms. The van der Waals surface area contributed by atoms with E-state index >= 15 is 0 Å². The molecule has 0 radical (unpaired) electrons. The molecule has 6 aliphatic rings. The van der Waals surface area contributed by atoms with E-state index < -0.39 is 6.29 Å². The number of carbonyl (C=O) groups is 1. The summed E-state index contributed by atoms with van der Waals surface area (Å²) in [5.41, 5.74) is 6.34. The fourth-order valence-electron chi connectivity index (χ4n) is 10.3. The number of nitrogens with one attached hydrogen (secondary N) is 2. The number of aliphatic hydroxyl groups is 1. The molecule has 3 N–H and O–H groups in total. The number of hydrogen-bond donors (Lipinski definition) is 3. The molecule has 2 saturated heterocycles. The molecule has 4 saturated carbocycles. The van der Waals surface area contributed by atoms with Gasteiger partial charge in [-0.05, 0) is 122 Å². The summed E-state index contributed by atoms with van der Waals surface area (Å²) < 4.78 is 13.5. The summed E-state index contributed by atoms with van der Waals surface area (Å²) in [6, 6.07) is 25.2. The average Bonchev–Trinajstić information content (AvgIpc) is 3.11. The summed E-state index contributed by atoms with van der Waals surface area (Å²) in [5, 5.41) is 16.2. The Morgan fingerprint density at radius 1 is 0.740 bits per heavy atom. The fourth-order valence-corrected chi connectivity index (χ4v) is 10.3. The Bertz CT molecular complexity index is 1560. The van der Waals surface area contributed by atoms with Crippen molar-refractivity contribution in [3.05, 3.63) is 95.1 Å². The van der Waals surface area contributed by atoms with Crippen LogP contribution in [0, 0.1) is 17.8 Å². The molecule has 3 aromatic carbocycles. The van der Waals surface area contributed by atoms with Crippen molar-refractivity contribution in [2.45, 2.75) is 114 Å². The first-order chi connectivity index (χ1) is 24.5. The maximum Gasteiger partial charge on any atom is 0.315 e. The van der Waals surface area contributed by atoms with E-state index in [1.54, 1.807) is 0 Å². The Morgan fingerprint density at radius 2 is 1.40 bits per heavy atom. The minimum atomic E-state index is -0.482. The monoisotopic (exact) mass is 677 g/mol. The molecule has 3 atom stereocenters. The van der Waals surface area contributed by atoms with Crippen molar-refractivity contribution in [3.8, 4) is 11.1 Å². The first-order valence-corrected chi connectivity index (χ1v) is 19.5. The Hall–Kier alpha value is -3.23. The van der Waals surface area contributed by atoms with Gasteiger partial charge in [-0.1, -0.05) is 79.9 Å². The number of ether oxygens (including phenoxy) is 2. The van der Waals surface area contributed by atoms with E-state index in [4.69, 9.17) is 9.47 Å². The van der Waals surface area contributed by atoms with Crippen molar-refractivity contribution in [1.82, 2.24) is 15.5 Å². The Morgan fingerprint density at radius 3 is 2.10 bits per heavy atom. The molecule has 6 fully saturated rings. The van der Waals surface area contributed by atoms with Gasteiger partial charge in [-0.15, -0.1) is 0 Å². The van der Waals surface area contributed by atoms with Crippen molar-refractivity contribution in [3.63, 3.8) is 0 Å². The van der Waals surface area contributed by atoms with Crippen molar-refractivity contribution < 1.29 is 19.4 Å². The van der Waals surface area contributed by atoms with Crippen molar-refractivity contribution in [2.24, 2.45) is 17.8 Å². The zero-order chi connectivity index (χ0) is 33.9. The SMILES string of the molecule is O=C(NCc1cccc(-c2cccc([C@@H]3O[C@H](CN4CCCCCCC4)C[C@H](c4ccc(CO)cc4)O3)c2)c1)NC12CC3CC(CC(C3)C1)C2. The van der Waals surface area contributed by atoms with Crippen molar-refractivity contribution >= 4 is 6.03 Å². The zero-order valence-electron chi connectivity index (χ0n) is 29.5. The Balaban J connectivity index is 0.950. The summed E-state index contributed by atoms with van der Waals surface area (Å²) >= 11 is 0. The van der Waals surface area contributed by atoms with Gasteiger partial charge >= 0.3 is 6.03 Å². The van der Waals surface area contributed by atoms with Gasteiger partial charge in [0, 0.05) is 30.6 Å². The topological polar surface area (TPSA) is 83.1 Å². The summed E-state index contributed by atoms with van der Waals surface area (Å²) in [6.45, 7) is 3.71. The number of nitrogens with zero attached hydrogens (tertiary/aromatic N) is 1. The van der Waals surface area contributed by atoms with Crippen LogP contribution in [-0.2, 0) is 22.6 Å². The van der Waals surface area contributed by atoms with Crippen LogP contribution in [-0.4, -0.2) is 47.3 Å². The second kappa shape index (κ2) is 15.2. The van der Waals surface area contributed by atoms with Gasteiger partial charge in [0.15, 0.2) is 6.29 Å². The van der Waals surface area contributed by atoms with Crippen LogP contribution in [0.3, 0.4) is 0 Å². The first-order valence-electron chi connectivity index (χ1n) is 19.5. The zero-order valence-corrected chi connectivity index (χ0v) is 29.5. The predicted molar refractivity (Wildman–Crippen MR) is 196 cm³/mol. The van der Waals surface area contributed by atoms with Gasteiger partial charge in [0.25, 0.3) is 0 Å². The van der Waals surface area contributed by atoms with Crippen LogP contribution >= 0.6 is 0 Å². The number of amides is 2. The predicted octanol–water partition coefficient (Wildman–Crippen LogP) is 8.43. The molecular weight excluding hydrogens is 622 g/mol. The quantitative estimate of drug-likeness (QED) is 0.212. The smallest absolute Gasteiger partial charge is 0.315 e. The van der Waals surface area contributed by atoms with Crippen molar-refractivity contribution in [1.29, 1.82) is 0 Å². The number of urea groups is 1. The molecule has 9 rings (SSSR count). The highest BCUT2D eigenvalue weighted by atomic mass is 16.7. The molecule has 2 aliphatic heterocycles. The lowest BCUT2D eigenvalue weighted by Crippen LogP contribution is -2.61. The number of benzene rings is 3. The lowest BCUT2D eigenvalue weighted by molar-refractivity contribution is -0.253. The number of likely N-dealkylation sites (tertiary alicyclic amines) is 1.